The van der Waals surface area contributed by atoms with E-state index < -0.39 is 21.9 Å². The van der Waals surface area contributed by atoms with Crippen LogP contribution in [0.3, 0.4) is 0 Å². The molecule has 1 amide bonds. The van der Waals surface area contributed by atoms with Gasteiger partial charge in [-0.2, -0.15) is 5.26 Å². The molecule has 0 aliphatic carbocycles. The van der Waals surface area contributed by atoms with E-state index in [-0.39, 0.29) is 21.8 Å². The molecular weight excluding hydrogens is 348 g/mol. The monoisotopic (exact) mass is 362 g/mol. The van der Waals surface area contributed by atoms with E-state index in [2.05, 4.69) is 4.74 Å². The van der Waals surface area contributed by atoms with Crippen molar-refractivity contribution >= 4 is 27.6 Å². The van der Waals surface area contributed by atoms with Crippen LogP contribution in [-0.4, -0.2) is 32.0 Å². The van der Waals surface area contributed by atoms with Gasteiger partial charge in [0.25, 0.3) is 10.0 Å². The first-order valence-electron chi connectivity index (χ1n) is 6.84. The summed E-state index contributed by atoms with van der Waals surface area (Å²) >= 11 is 0. The van der Waals surface area contributed by atoms with E-state index in [0.29, 0.717) is 5.69 Å². The van der Waals surface area contributed by atoms with Crippen LogP contribution in [0.2, 0.25) is 0 Å². The van der Waals surface area contributed by atoms with Gasteiger partial charge < -0.3 is 15.0 Å². The molecule has 0 atom stereocenters. The van der Waals surface area contributed by atoms with Gasteiger partial charge in [0.15, 0.2) is 5.69 Å². The molecule has 0 saturated carbocycles. The number of methoxy groups -OCH3 is 1. The minimum Gasteiger partial charge on any atom is -0.464 e. The van der Waals surface area contributed by atoms with Crippen LogP contribution in [0.25, 0.3) is 5.69 Å². The number of ether oxygens (including phenoxy) is 1. The van der Waals surface area contributed by atoms with Crippen LogP contribution >= 0.6 is 0 Å². The quantitative estimate of drug-likeness (QED) is 0.755. The maximum atomic E-state index is 11.9. The molecule has 0 aliphatic rings. The topological polar surface area (TPSA) is 144 Å². The Morgan fingerprint density at radius 2 is 1.88 bits per heavy atom. The second-order valence-corrected chi connectivity index (χ2v) is 6.62. The van der Waals surface area contributed by atoms with Crippen molar-refractivity contribution in [2.45, 2.75) is 11.8 Å². The lowest BCUT2D eigenvalue weighted by atomic mass is 10.2. The average Bonchev–Trinajstić information content (AvgIpc) is 2.89. The highest BCUT2D eigenvalue weighted by Crippen LogP contribution is 2.25. The van der Waals surface area contributed by atoms with Crippen LogP contribution in [0, 0.1) is 11.3 Å². The molecule has 0 fully saturated rings. The van der Waals surface area contributed by atoms with Crippen molar-refractivity contribution in [1.29, 1.82) is 5.26 Å². The highest BCUT2D eigenvalue weighted by atomic mass is 32.2. The molecular formula is C15H14N4O5S. The van der Waals surface area contributed by atoms with Crippen LogP contribution in [-0.2, 0) is 19.6 Å². The number of carbonyl (C=O) groups is 2. The van der Waals surface area contributed by atoms with Crippen LogP contribution < -0.4 is 10.5 Å². The van der Waals surface area contributed by atoms with Gasteiger partial charge in [0, 0.05) is 18.8 Å². The molecule has 130 valence electrons. The van der Waals surface area contributed by atoms with Gasteiger partial charge in [-0.1, -0.05) is 0 Å². The minimum atomic E-state index is -3.97. The molecule has 0 aliphatic heterocycles. The lowest BCUT2D eigenvalue weighted by Gasteiger charge is -2.10. The summed E-state index contributed by atoms with van der Waals surface area (Å²) in [6.07, 6.45) is 1.35. The number of nitrogens with one attached hydrogen (secondary N) is 1. The Morgan fingerprint density at radius 1 is 1.28 bits per heavy atom. The summed E-state index contributed by atoms with van der Waals surface area (Å²) in [4.78, 5) is 22.8. The number of nitrogen functional groups attached to an aromatic ring is 1. The zero-order valence-corrected chi connectivity index (χ0v) is 14.1. The lowest BCUT2D eigenvalue weighted by molar-refractivity contribution is -0.117. The minimum absolute atomic E-state index is 0.0377. The number of sulfonamides is 1. The first-order chi connectivity index (χ1) is 11.7. The second-order valence-electron chi connectivity index (χ2n) is 4.93. The maximum Gasteiger partial charge on any atom is 0.357 e. The molecule has 2 rings (SSSR count). The zero-order chi connectivity index (χ0) is 18.8. The molecule has 10 heteroatoms. The van der Waals surface area contributed by atoms with Crippen molar-refractivity contribution in [3.8, 4) is 11.8 Å². The Labute approximate surface area is 143 Å². The van der Waals surface area contributed by atoms with Gasteiger partial charge in [-0.3, -0.25) is 4.79 Å². The van der Waals surface area contributed by atoms with E-state index in [9.17, 15) is 18.0 Å². The summed E-state index contributed by atoms with van der Waals surface area (Å²) in [5.74, 6) is -1.46. The summed E-state index contributed by atoms with van der Waals surface area (Å²) in [5, 5.41) is 9.08. The normalized spacial score (nSPS) is 10.8. The summed E-state index contributed by atoms with van der Waals surface area (Å²) < 4.78 is 31.7. The smallest absolute Gasteiger partial charge is 0.357 e. The van der Waals surface area contributed by atoms with Crippen molar-refractivity contribution < 1.29 is 22.7 Å². The van der Waals surface area contributed by atoms with Gasteiger partial charge in [-0.15, -0.1) is 0 Å². The zero-order valence-electron chi connectivity index (χ0n) is 13.3. The van der Waals surface area contributed by atoms with Gasteiger partial charge in [0.2, 0.25) is 5.91 Å². The van der Waals surface area contributed by atoms with Gasteiger partial charge in [0.1, 0.15) is 6.07 Å². The number of nitrogens with two attached hydrogens (primary N) is 1. The number of carbonyl (C=O) groups excluding carboxylic acids is 2. The lowest BCUT2D eigenvalue weighted by Crippen LogP contribution is -2.28. The average molecular weight is 362 g/mol. The molecule has 0 radical (unpaired) electrons. The first-order valence-corrected chi connectivity index (χ1v) is 8.32. The molecule has 25 heavy (non-hydrogen) atoms. The predicted molar refractivity (Wildman–Crippen MR) is 87.2 cm³/mol. The molecule has 3 N–H and O–H groups in total. The summed E-state index contributed by atoms with van der Waals surface area (Å²) in [5.41, 5.74) is 6.18. The predicted octanol–water partition coefficient (Wildman–Crippen LogP) is 0.543. The third kappa shape index (κ3) is 3.46. The third-order valence-electron chi connectivity index (χ3n) is 3.25. The van der Waals surface area contributed by atoms with Crippen molar-refractivity contribution in [3.05, 3.63) is 41.7 Å². The Kier molecular flexibility index (Phi) is 4.80. The fourth-order valence-corrected chi connectivity index (χ4v) is 3.14. The molecule has 2 aromatic rings. The number of hydrogen-bond donors (Lipinski definition) is 2. The first kappa shape index (κ1) is 18.0. The number of benzene rings is 1. The summed E-state index contributed by atoms with van der Waals surface area (Å²) in [7, 11) is -2.80. The molecule has 9 nitrogen and oxygen atoms in total. The van der Waals surface area contributed by atoms with Crippen LogP contribution in [0.1, 0.15) is 23.0 Å². The van der Waals surface area contributed by atoms with Gasteiger partial charge in [0.05, 0.1) is 23.3 Å². The van der Waals surface area contributed by atoms with Gasteiger partial charge in [-0.05, 0) is 24.3 Å². The largest absolute Gasteiger partial charge is 0.464 e. The second kappa shape index (κ2) is 6.66. The van der Waals surface area contributed by atoms with E-state index in [1.807, 2.05) is 10.8 Å². The fraction of sp³-hybridized carbons (Fsp3) is 0.133. The summed E-state index contributed by atoms with van der Waals surface area (Å²) in [6.45, 7) is 1.08. The maximum absolute atomic E-state index is 11.9. The highest BCUT2D eigenvalue weighted by Gasteiger charge is 2.22. The Morgan fingerprint density at radius 3 is 2.36 bits per heavy atom. The molecule has 1 heterocycles. The molecule has 1 aromatic carbocycles. The summed E-state index contributed by atoms with van der Waals surface area (Å²) in [6, 6.07) is 7.18. The number of hydrogen-bond acceptors (Lipinski definition) is 7. The van der Waals surface area contributed by atoms with E-state index in [4.69, 9.17) is 11.0 Å². The standard InChI is InChI=1S/C15H14N4O5S/c1-9(20)18-25(22,23)12-5-3-11(4-6-12)19-8-10(7-16)13(17)14(19)15(21)24-2/h3-6,8H,17H2,1-2H3,(H,18,20). The van der Waals surface area contributed by atoms with E-state index >= 15 is 0 Å². The Balaban J connectivity index is 2.53. The molecule has 0 spiro atoms. The van der Waals surface area contributed by atoms with Crippen LogP contribution in [0.15, 0.2) is 35.4 Å². The third-order valence-corrected chi connectivity index (χ3v) is 4.70. The number of nitriles is 1. The van der Waals surface area contributed by atoms with Crippen LogP contribution in [0.5, 0.6) is 0 Å². The van der Waals surface area contributed by atoms with Crippen molar-refractivity contribution in [1.82, 2.24) is 9.29 Å². The van der Waals surface area contributed by atoms with Crippen LogP contribution in [0.4, 0.5) is 5.69 Å². The molecule has 0 unspecified atom stereocenters. The van der Waals surface area contributed by atoms with E-state index in [0.717, 1.165) is 6.92 Å². The fourth-order valence-electron chi connectivity index (χ4n) is 2.15. The number of rotatable bonds is 4. The van der Waals surface area contributed by atoms with Crippen molar-refractivity contribution in [3.63, 3.8) is 0 Å². The van der Waals surface area contributed by atoms with E-state index in [1.165, 1.54) is 42.1 Å². The van der Waals surface area contributed by atoms with Gasteiger partial charge in [-0.25, -0.2) is 17.9 Å². The van der Waals surface area contributed by atoms with Crippen molar-refractivity contribution in [2.75, 3.05) is 12.8 Å². The number of aromatic nitrogens is 1. The number of anilines is 1. The molecule has 0 saturated heterocycles. The number of amides is 1. The van der Waals surface area contributed by atoms with Crippen molar-refractivity contribution in [2.24, 2.45) is 0 Å². The molecule has 0 bridgehead atoms. The highest BCUT2D eigenvalue weighted by molar-refractivity contribution is 7.90. The SMILES string of the molecule is COC(=O)c1c(N)c(C#N)cn1-c1ccc(S(=O)(=O)NC(C)=O)cc1. The Bertz CT molecular complexity index is 984. The van der Waals surface area contributed by atoms with Gasteiger partial charge >= 0.3 is 5.97 Å². The van der Waals surface area contributed by atoms with E-state index in [1.54, 1.807) is 0 Å². The number of esters is 1. The number of nitrogens with zero attached hydrogens (tertiary/aromatic N) is 2. The molecule has 1 aromatic heterocycles. The Hall–Kier alpha value is -3.32.